The molecule has 18 rings (SSSR count). The predicted octanol–water partition coefficient (Wildman–Crippen LogP) is 27.1. The lowest BCUT2D eigenvalue weighted by atomic mass is 9.67. The third-order valence-electron chi connectivity index (χ3n) is 23.4. The molecule has 1 nitrogen and oxygen atoms in total. The number of hydrogen-bond donors (Lipinski definition) is 0. The maximum atomic E-state index is 3.44. The van der Waals surface area contributed by atoms with Crippen molar-refractivity contribution < 1.29 is 0 Å². The quantitative estimate of drug-likeness (QED) is 0.170. The Morgan fingerprint density at radius 1 is 0.293 bits per heavy atom. The van der Waals surface area contributed by atoms with Crippen molar-refractivity contribution >= 4 is 70.5 Å². The minimum atomic E-state index is -0.104. The first kappa shape index (κ1) is 66.0. The number of aryl methyl sites for hydroxylation is 3. The summed E-state index contributed by atoms with van der Waals surface area (Å²) >= 11 is 6.88. The van der Waals surface area contributed by atoms with Crippen molar-refractivity contribution in [1.29, 1.82) is 0 Å². The fraction of sp³-hybridized carbons (Fsp3) is 0.229. The summed E-state index contributed by atoms with van der Waals surface area (Å²) in [5.41, 5.74) is 36.5. The second kappa shape index (κ2) is 24.2. The predicted molar refractivity (Wildman–Crippen MR) is 430 cm³/mol. The van der Waals surface area contributed by atoms with E-state index in [2.05, 4.69) is 395 Å². The van der Waals surface area contributed by atoms with Crippen LogP contribution in [0.3, 0.4) is 0 Å². The first-order valence-electron chi connectivity index (χ1n) is 35.4. The molecular weight excluding hydrogens is 1330 g/mol. The molecule has 0 radical (unpaired) electrons. The summed E-state index contributed by atoms with van der Waals surface area (Å²) in [6, 6.07) is 94.5. The zero-order chi connectivity index (χ0) is 69.5. The van der Waals surface area contributed by atoms with Gasteiger partial charge in [-0.3, -0.25) is 0 Å². The third-order valence-corrected chi connectivity index (χ3v) is 24.4. The SMILES string of the molecule is Brc1ccc2cc(Br)ccc2c1.CC1(C)c2ccccc2Cc2cc3c(cc21)-c1ccccc1C3(C)C.Cc1ccc2cc(N3c4ccccc4C(C)(C)c4cc5c(cc43)C(C)(C)c3ccccc3-5)ccc2c1.Cc1ccccc1C(C)(C)c1cc2c(cc1C)C(C)(C)c1ccccc1-2. The molecule has 3 heteroatoms. The number of nitrogens with zero attached hydrogens (tertiary/aromatic N) is 1. The van der Waals surface area contributed by atoms with Crippen LogP contribution in [-0.2, 0) is 38.9 Å². The van der Waals surface area contributed by atoms with Crippen LogP contribution in [-0.4, -0.2) is 0 Å². The van der Waals surface area contributed by atoms with Crippen LogP contribution in [0.2, 0.25) is 0 Å². The van der Waals surface area contributed by atoms with Gasteiger partial charge < -0.3 is 4.90 Å². The minimum Gasteiger partial charge on any atom is -0.310 e. The van der Waals surface area contributed by atoms with Gasteiger partial charge >= 0.3 is 0 Å². The van der Waals surface area contributed by atoms with Crippen LogP contribution in [0, 0.1) is 20.8 Å². The van der Waals surface area contributed by atoms with Crippen LogP contribution in [0.25, 0.3) is 54.9 Å². The summed E-state index contributed by atoms with van der Waals surface area (Å²) in [7, 11) is 0. The van der Waals surface area contributed by atoms with Crippen LogP contribution in [0.1, 0.15) is 178 Å². The fourth-order valence-corrected chi connectivity index (χ4v) is 18.7. The van der Waals surface area contributed by atoms with Gasteiger partial charge in [-0.15, -0.1) is 0 Å². The molecule has 0 bridgehead atoms. The second-order valence-electron chi connectivity index (χ2n) is 31.7. The van der Waals surface area contributed by atoms with Crippen molar-refractivity contribution in [2.24, 2.45) is 0 Å². The Balaban J connectivity index is 0.000000113. The van der Waals surface area contributed by atoms with Crippen LogP contribution in [0.15, 0.2) is 264 Å². The Morgan fingerprint density at radius 2 is 0.727 bits per heavy atom. The lowest BCUT2D eigenvalue weighted by molar-refractivity contribution is 0.606. The number of hydrogen-bond acceptors (Lipinski definition) is 1. The molecule has 0 saturated heterocycles. The molecule has 13 aromatic rings. The Kier molecular flexibility index (Phi) is 16.1. The first-order chi connectivity index (χ1) is 47.2. The molecule has 0 atom stereocenters. The van der Waals surface area contributed by atoms with Gasteiger partial charge in [0.05, 0.1) is 11.4 Å². The smallest absolute Gasteiger partial charge is 0.0506 e. The molecule has 1 aliphatic heterocycles. The second-order valence-corrected chi connectivity index (χ2v) is 33.6. The molecule has 0 spiro atoms. The molecular formula is C96H89Br2N. The molecule has 0 saturated carbocycles. The van der Waals surface area contributed by atoms with Gasteiger partial charge in [0.15, 0.2) is 0 Å². The number of benzene rings is 13. The lowest BCUT2D eigenvalue weighted by Gasteiger charge is -2.43. The van der Waals surface area contributed by atoms with Crippen molar-refractivity contribution in [3.8, 4) is 33.4 Å². The topological polar surface area (TPSA) is 3.24 Å². The van der Waals surface area contributed by atoms with Crippen LogP contribution >= 0.6 is 31.9 Å². The average molecular weight is 1420 g/mol. The van der Waals surface area contributed by atoms with Crippen molar-refractivity contribution in [3.05, 3.63) is 358 Å². The van der Waals surface area contributed by atoms with Gasteiger partial charge in [-0.05, 0) is 238 Å². The Labute approximate surface area is 605 Å². The molecule has 0 amide bonds. The summed E-state index contributed by atoms with van der Waals surface area (Å²) in [5, 5.41) is 5.08. The minimum absolute atomic E-state index is 0.0217. The third kappa shape index (κ3) is 10.9. The Morgan fingerprint density at radius 3 is 1.32 bits per heavy atom. The number of rotatable bonds is 3. The number of anilines is 3. The van der Waals surface area contributed by atoms with E-state index >= 15 is 0 Å². The molecule has 99 heavy (non-hydrogen) atoms. The summed E-state index contributed by atoms with van der Waals surface area (Å²) in [6.07, 6.45) is 1.05. The van der Waals surface area contributed by atoms with Crippen molar-refractivity contribution in [2.75, 3.05) is 4.90 Å². The van der Waals surface area contributed by atoms with E-state index in [1.807, 2.05) is 0 Å². The van der Waals surface area contributed by atoms with E-state index < -0.39 is 0 Å². The maximum absolute atomic E-state index is 3.44. The summed E-state index contributed by atoms with van der Waals surface area (Å²) in [6.45, 7) is 35.1. The Bertz CT molecular complexity index is 5390. The molecule has 0 fully saturated rings. The molecule has 0 unspecified atom stereocenters. The Hall–Kier alpha value is -8.86. The molecule has 0 N–H and O–H groups in total. The van der Waals surface area contributed by atoms with E-state index in [-0.39, 0.29) is 32.5 Å². The zero-order valence-electron chi connectivity index (χ0n) is 60.2. The van der Waals surface area contributed by atoms with Crippen molar-refractivity contribution in [2.45, 2.75) is 143 Å². The van der Waals surface area contributed by atoms with Crippen LogP contribution < -0.4 is 4.90 Å². The van der Waals surface area contributed by atoms with E-state index in [0.29, 0.717) is 0 Å². The summed E-state index contributed by atoms with van der Waals surface area (Å²) in [5.74, 6) is 0. The molecule has 0 aromatic heterocycles. The number of fused-ring (bicyclic) bond motifs is 15. The van der Waals surface area contributed by atoms with Crippen molar-refractivity contribution in [3.63, 3.8) is 0 Å². The van der Waals surface area contributed by atoms with Gasteiger partial charge in [-0.25, -0.2) is 0 Å². The molecule has 4 aliphatic carbocycles. The van der Waals surface area contributed by atoms with E-state index in [1.165, 1.54) is 167 Å². The fourth-order valence-electron chi connectivity index (χ4n) is 18.0. The van der Waals surface area contributed by atoms with Gasteiger partial charge in [0.25, 0.3) is 0 Å². The first-order valence-corrected chi connectivity index (χ1v) is 37.0. The normalized spacial score (nSPS) is 15.7. The molecule has 492 valence electrons. The standard InChI is InChI=1S/C35H31N.C26H28.C25H24.C10H6Br2/c1-22-14-15-24-19-25(17-16-23(24)18-22)36-32-13-9-8-12-29(32)35(4,5)31-20-27-26-10-6-7-11-28(26)34(2,3)30(27)21-33(31)36;1-17-11-7-9-13-21(17)25(3,4)23-16-20-19-12-8-10-14-22(19)26(5,6)24(20)15-18(23)2;1-24(2)20-11-7-5-9-16(20)13-17-14-23-19(15-22(17)24)18-10-6-8-12-21(18)25(23,3)4;11-9-3-1-7-5-10(12)4-2-8(7)6-9/h6-21H,1-5H3;7-16H,1-6H3;5-12,14-15H,13H2,1-4H3;1-6H. The summed E-state index contributed by atoms with van der Waals surface area (Å²) < 4.78 is 2.25. The largest absolute Gasteiger partial charge is 0.310 e. The number of para-hydroxylation sites is 1. The highest BCUT2D eigenvalue weighted by Gasteiger charge is 2.44. The van der Waals surface area contributed by atoms with Gasteiger partial charge in [-0.2, -0.15) is 0 Å². The lowest BCUT2D eigenvalue weighted by Crippen LogP contribution is -2.31. The number of halogens is 2. The maximum Gasteiger partial charge on any atom is 0.0506 e. The van der Waals surface area contributed by atoms with E-state index in [0.717, 1.165) is 15.4 Å². The monoisotopic (exact) mass is 1410 g/mol. The summed E-state index contributed by atoms with van der Waals surface area (Å²) in [4.78, 5) is 2.49. The van der Waals surface area contributed by atoms with E-state index in [1.54, 1.807) is 0 Å². The zero-order valence-corrected chi connectivity index (χ0v) is 63.3. The van der Waals surface area contributed by atoms with Gasteiger partial charge in [0.1, 0.15) is 0 Å². The van der Waals surface area contributed by atoms with Gasteiger partial charge in [0.2, 0.25) is 0 Å². The average Bonchev–Trinajstić information content (AvgIpc) is 1.67. The highest BCUT2D eigenvalue weighted by Crippen LogP contribution is 2.59. The highest BCUT2D eigenvalue weighted by molar-refractivity contribution is 9.10. The van der Waals surface area contributed by atoms with E-state index in [4.69, 9.17) is 0 Å². The van der Waals surface area contributed by atoms with Gasteiger partial charge in [-0.1, -0.05) is 309 Å². The van der Waals surface area contributed by atoms with Crippen LogP contribution in [0.4, 0.5) is 17.1 Å². The highest BCUT2D eigenvalue weighted by atomic mass is 79.9. The van der Waals surface area contributed by atoms with Crippen molar-refractivity contribution in [1.82, 2.24) is 0 Å². The van der Waals surface area contributed by atoms with Gasteiger partial charge in [0, 0.05) is 47.1 Å². The van der Waals surface area contributed by atoms with E-state index in [9.17, 15) is 0 Å². The molecule has 5 aliphatic rings. The van der Waals surface area contributed by atoms with Crippen LogP contribution in [0.5, 0.6) is 0 Å². The molecule has 13 aromatic carbocycles. The molecule has 1 heterocycles.